The molecular weight excluding hydrogens is 300 g/mol. The lowest BCUT2D eigenvalue weighted by molar-refractivity contribution is 0.467. The Morgan fingerprint density at radius 3 is 1.82 bits per heavy atom. The van der Waals surface area contributed by atoms with E-state index in [0.717, 1.165) is 5.56 Å². The molecule has 0 aliphatic carbocycles. The Morgan fingerprint density at radius 1 is 0.682 bits per heavy atom. The van der Waals surface area contributed by atoms with E-state index in [1.54, 1.807) is 40.7 Å². The van der Waals surface area contributed by atoms with Crippen LogP contribution in [0.25, 0.3) is 0 Å². The summed E-state index contributed by atoms with van der Waals surface area (Å²) in [5.74, 6) is -0.106. The quantitative estimate of drug-likeness (QED) is 0.888. The van der Waals surface area contributed by atoms with Crippen molar-refractivity contribution in [2.45, 2.75) is 44.4 Å². The normalized spacial score (nSPS) is 11.7. The molecule has 0 amide bonds. The fourth-order valence-corrected chi connectivity index (χ4v) is 4.32. The maximum Gasteiger partial charge on any atom is 0.207 e. The lowest BCUT2D eigenvalue weighted by Gasteiger charge is -2.15. The second-order valence-electron chi connectivity index (χ2n) is 5.68. The fraction of sp³-hybridized carbons (Fsp3) is 0.294. The minimum Gasteiger partial charge on any atom is -0.508 e. The van der Waals surface area contributed by atoms with Crippen molar-refractivity contribution in [3.8, 4) is 11.5 Å². The van der Waals surface area contributed by atoms with Crippen molar-refractivity contribution in [3.63, 3.8) is 0 Å². The van der Waals surface area contributed by atoms with Crippen molar-refractivity contribution >= 4 is 9.84 Å². The van der Waals surface area contributed by atoms with E-state index in [0.29, 0.717) is 22.3 Å². The van der Waals surface area contributed by atoms with Gasteiger partial charge in [0.15, 0.2) is 0 Å². The summed E-state index contributed by atoms with van der Waals surface area (Å²) in [6.07, 6.45) is 0. The Kier molecular flexibility index (Phi) is 3.96. The predicted octanol–water partition coefficient (Wildman–Crippen LogP) is 3.47. The number of phenolic OH excluding ortho intramolecular Hbond substituents is 2. The third kappa shape index (κ3) is 2.46. The van der Waals surface area contributed by atoms with Crippen LogP contribution < -0.4 is 0 Å². The zero-order chi connectivity index (χ0) is 16.8. The van der Waals surface area contributed by atoms with Gasteiger partial charge >= 0.3 is 0 Å². The first kappa shape index (κ1) is 16.4. The van der Waals surface area contributed by atoms with Gasteiger partial charge < -0.3 is 10.2 Å². The Labute approximate surface area is 131 Å². The minimum atomic E-state index is -3.82. The summed E-state index contributed by atoms with van der Waals surface area (Å²) in [5.41, 5.74) is 3.20. The molecule has 0 radical (unpaired) electrons. The second-order valence-corrected chi connectivity index (χ2v) is 7.56. The van der Waals surface area contributed by atoms with Gasteiger partial charge in [-0.15, -0.1) is 0 Å². The Hall–Kier alpha value is -2.01. The van der Waals surface area contributed by atoms with Gasteiger partial charge in [-0.25, -0.2) is 8.42 Å². The van der Waals surface area contributed by atoms with E-state index in [4.69, 9.17) is 0 Å². The Bertz CT molecular complexity index is 865. The van der Waals surface area contributed by atoms with Gasteiger partial charge in [-0.1, -0.05) is 6.07 Å². The van der Waals surface area contributed by atoms with Gasteiger partial charge in [-0.3, -0.25) is 0 Å². The number of aromatic hydroxyl groups is 2. The van der Waals surface area contributed by atoms with E-state index in [9.17, 15) is 18.6 Å². The van der Waals surface area contributed by atoms with Gasteiger partial charge in [-0.05, 0) is 74.6 Å². The van der Waals surface area contributed by atoms with Crippen LogP contribution in [0.2, 0.25) is 0 Å². The number of benzene rings is 2. The van der Waals surface area contributed by atoms with Crippen LogP contribution in [0.1, 0.15) is 27.8 Å². The van der Waals surface area contributed by atoms with Gasteiger partial charge in [0.1, 0.15) is 11.5 Å². The molecule has 0 aromatic heterocycles. The number of hydrogen-bond acceptors (Lipinski definition) is 4. The van der Waals surface area contributed by atoms with Crippen LogP contribution in [0, 0.1) is 34.6 Å². The molecule has 0 saturated heterocycles. The smallest absolute Gasteiger partial charge is 0.207 e. The summed E-state index contributed by atoms with van der Waals surface area (Å²) in [6, 6.07) is 4.19. The van der Waals surface area contributed by atoms with Crippen molar-refractivity contribution < 1.29 is 18.6 Å². The van der Waals surface area contributed by atoms with Crippen LogP contribution in [-0.2, 0) is 9.84 Å². The zero-order valence-corrected chi connectivity index (χ0v) is 14.2. The van der Waals surface area contributed by atoms with E-state index >= 15 is 0 Å². The van der Waals surface area contributed by atoms with Crippen LogP contribution in [0.5, 0.6) is 11.5 Å². The molecule has 118 valence electrons. The van der Waals surface area contributed by atoms with Gasteiger partial charge in [-0.2, -0.15) is 0 Å². The van der Waals surface area contributed by atoms with E-state index < -0.39 is 9.84 Å². The monoisotopic (exact) mass is 320 g/mol. The molecule has 0 atom stereocenters. The van der Waals surface area contributed by atoms with E-state index in [1.807, 2.05) is 0 Å². The lowest BCUT2D eigenvalue weighted by atomic mass is 10.0. The first-order valence-electron chi connectivity index (χ1n) is 6.92. The van der Waals surface area contributed by atoms with Crippen LogP contribution in [0.4, 0.5) is 0 Å². The zero-order valence-electron chi connectivity index (χ0n) is 13.4. The first-order chi connectivity index (χ1) is 10.1. The highest BCUT2D eigenvalue weighted by atomic mass is 32.2. The SMILES string of the molecule is Cc1cc(C)c(S(=O)(=O)c2cc(O)c(C)c(C)c2C)cc1O. The van der Waals surface area contributed by atoms with Crippen LogP contribution in [-0.4, -0.2) is 18.6 Å². The molecule has 0 aliphatic heterocycles. The molecule has 0 bridgehead atoms. The molecule has 2 rings (SSSR count). The number of aryl methyl sites for hydroxylation is 2. The van der Waals surface area contributed by atoms with Crippen LogP contribution in [0.15, 0.2) is 28.0 Å². The van der Waals surface area contributed by atoms with Crippen molar-refractivity contribution in [3.05, 3.63) is 46.0 Å². The fourth-order valence-electron chi connectivity index (χ4n) is 2.51. The molecule has 4 nitrogen and oxygen atoms in total. The molecule has 2 aromatic rings. The minimum absolute atomic E-state index is 0.0457. The average molecular weight is 320 g/mol. The number of sulfone groups is 1. The highest BCUT2D eigenvalue weighted by Gasteiger charge is 2.25. The van der Waals surface area contributed by atoms with Crippen molar-refractivity contribution in [1.82, 2.24) is 0 Å². The predicted molar refractivity (Wildman–Crippen MR) is 85.4 cm³/mol. The van der Waals surface area contributed by atoms with E-state index in [2.05, 4.69) is 0 Å². The highest BCUT2D eigenvalue weighted by molar-refractivity contribution is 7.91. The summed E-state index contributed by atoms with van der Waals surface area (Å²) in [7, 11) is -3.82. The first-order valence-corrected chi connectivity index (χ1v) is 8.40. The maximum absolute atomic E-state index is 12.9. The lowest BCUT2D eigenvalue weighted by Crippen LogP contribution is -2.08. The highest BCUT2D eigenvalue weighted by Crippen LogP contribution is 2.35. The topological polar surface area (TPSA) is 74.6 Å². The summed E-state index contributed by atoms with van der Waals surface area (Å²) in [6.45, 7) is 8.65. The number of hydrogen-bond donors (Lipinski definition) is 2. The molecule has 0 aliphatic rings. The summed E-state index contributed by atoms with van der Waals surface area (Å²) in [5, 5.41) is 19.8. The van der Waals surface area contributed by atoms with E-state index in [-0.39, 0.29) is 21.3 Å². The largest absolute Gasteiger partial charge is 0.508 e. The summed E-state index contributed by atoms with van der Waals surface area (Å²) >= 11 is 0. The number of phenols is 2. The summed E-state index contributed by atoms with van der Waals surface area (Å²) in [4.78, 5) is 0.126. The molecule has 22 heavy (non-hydrogen) atoms. The maximum atomic E-state index is 12.9. The average Bonchev–Trinajstić information content (AvgIpc) is 2.44. The molecule has 0 saturated carbocycles. The molecular formula is C17H20O4S. The summed E-state index contributed by atoms with van der Waals surface area (Å²) < 4.78 is 25.9. The van der Waals surface area contributed by atoms with Gasteiger partial charge in [0.2, 0.25) is 9.84 Å². The van der Waals surface area contributed by atoms with E-state index in [1.165, 1.54) is 12.1 Å². The van der Waals surface area contributed by atoms with Crippen molar-refractivity contribution in [2.75, 3.05) is 0 Å². The molecule has 0 spiro atoms. The molecule has 5 heteroatoms. The Morgan fingerprint density at radius 2 is 1.23 bits per heavy atom. The van der Waals surface area contributed by atoms with Gasteiger partial charge in [0.25, 0.3) is 0 Å². The van der Waals surface area contributed by atoms with Gasteiger partial charge in [0.05, 0.1) is 9.79 Å². The molecule has 2 aromatic carbocycles. The van der Waals surface area contributed by atoms with Crippen LogP contribution in [0.3, 0.4) is 0 Å². The van der Waals surface area contributed by atoms with Crippen LogP contribution >= 0.6 is 0 Å². The molecule has 0 unspecified atom stereocenters. The van der Waals surface area contributed by atoms with Crippen molar-refractivity contribution in [2.24, 2.45) is 0 Å². The molecule has 0 heterocycles. The standard InChI is InChI=1S/C17H20O4S/c1-9-6-10(2)16(7-14(9)18)22(20,21)17-8-15(19)12(4)11(3)13(17)5/h6-8,18-19H,1-5H3. The second kappa shape index (κ2) is 5.32. The Balaban J connectivity index is 2.80. The molecule has 2 N–H and O–H groups in total. The third-order valence-corrected chi connectivity index (χ3v) is 6.24. The van der Waals surface area contributed by atoms with Gasteiger partial charge in [0, 0.05) is 0 Å². The molecule has 0 fully saturated rings. The third-order valence-electron chi connectivity index (χ3n) is 4.22. The number of rotatable bonds is 2. The van der Waals surface area contributed by atoms with Crippen molar-refractivity contribution in [1.29, 1.82) is 0 Å².